The molecule has 4 rings (SSSR count). The Balaban J connectivity index is 1.66. The van der Waals surface area contributed by atoms with E-state index in [2.05, 4.69) is 10.3 Å². The van der Waals surface area contributed by atoms with Gasteiger partial charge in [0.15, 0.2) is 0 Å². The molecule has 0 aliphatic heterocycles. The highest BCUT2D eigenvalue weighted by atomic mass is 16.2. The zero-order valence-corrected chi connectivity index (χ0v) is 13.7. The number of amides is 1. The Kier molecular flexibility index (Phi) is 3.61. The summed E-state index contributed by atoms with van der Waals surface area (Å²) in [7, 11) is 1.75. The number of carbonyl (C=O) groups is 1. The zero-order chi connectivity index (χ0) is 17.4. The van der Waals surface area contributed by atoms with Crippen LogP contribution in [0.2, 0.25) is 0 Å². The standard InChI is InChI=1S/C18H17N5O2/c1-21-14(17(24)19-7-11-22-8-4-5-9-22)12-13-16(21)20-15-6-2-3-10-23(15)18(13)25/h2-6,8-10,12H,7,11H2,1H3,(H,19,24). The fourth-order valence-electron chi connectivity index (χ4n) is 2.95. The molecule has 0 spiro atoms. The fraction of sp³-hybridized carbons (Fsp3) is 0.167. The first-order chi connectivity index (χ1) is 12.1. The average molecular weight is 335 g/mol. The average Bonchev–Trinajstić information content (AvgIpc) is 3.24. The predicted octanol–water partition coefficient (Wildman–Crippen LogP) is 1.42. The first-order valence-electron chi connectivity index (χ1n) is 8.01. The van der Waals surface area contributed by atoms with Crippen molar-refractivity contribution in [2.24, 2.45) is 7.05 Å². The second-order valence-electron chi connectivity index (χ2n) is 5.85. The predicted molar refractivity (Wildman–Crippen MR) is 94.7 cm³/mol. The lowest BCUT2D eigenvalue weighted by molar-refractivity contribution is 0.0944. The lowest BCUT2D eigenvalue weighted by Gasteiger charge is -2.07. The van der Waals surface area contributed by atoms with Crippen molar-refractivity contribution in [3.8, 4) is 0 Å². The third kappa shape index (κ3) is 2.59. The number of carbonyl (C=O) groups excluding carboxylic acids is 1. The van der Waals surface area contributed by atoms with Gasteiger partial charge < -0.3 is 14.5 Å². The molecular weight excluding hydrogens is 318 g/mol. The Labute approximate surface area is 143 Å². The second-order valence-corrected chi connectivity index (χ2v) is 5.85. The Morgan fingerprint density at radius 2 is 1.92 bits per heavy atom. The monoisotopic (exact) mass is 335 g/mol. The van der Waals surface area contributed by atoms with Crippen LogP contribution in [0.25, 0.3) is 16.7 Å². The number of fused-ring (bicyclic) bond motifs is 2. The van der Waals surface area contributed by atoms with E-state index in [1.807, 2.05) is 35.2 Å². The van der Waals surface area contributed by atoms with Crippen molar-refractivity contribution < 1.29 is 4.79 Å². The third-order valence-electron chi connectivity index (χ3n) is 4.26. The minimum atomic E-state index is -0.221. The molecule has 0 fully saturated rings. The molecule has 0 saturated heterocycles. The molecule has 0 saturated carbocycles. The van der Waals surface area contributed by atoms with E-state index in [9.17, 15) is 9.59 Å². The Hall–Kier alpha value is -3.35. The van der Waals surface area contributed by atoms with Crippen molar-refractivity contribution in [1.29, 1.82) is 0 Å². The van der Waals surface area contributed by atoms with Gasteiger partial charge in [0.2, 0.25) is 0 Å². The summed E-state index contributed by atoms with van der Waals surface area (Å²) in [5, 5.41) is 3.32. The quantitative estimate of drug-likeness (QED) is 0.613. The molecule has 7 nitrogen and oxygen atoms in total. The van der Waals surface area contributed by atoms with Crippen LogP contribution in [0.5, 0.6) is 0 Å². The minimum Gasteiger partial charge on any atom is -0.353 e. The molecule has 0 aliphatic rings. The maximum atomic E-state index is 12.6. The Bertz CT molecular complexity index is 1120. The number of hydrogen-bond acceptors (Lipinski definition) is 3. The van der Waals surface area contributed by atoms with E-state index < -0.39 is 0 Å². The van der Waals surface area contributed by atoms with Gasteiger partial charge in [0.1, 0.15) is 17.0 Å². The van der Waals surface area contributed by atoms with Gasteiger partial charge in [-0.2, -0.15) is 0 Å². The highest BCUT2D eigenvalue weighted by Gasteiger charge is 2.17. The van der Waals surface area contributed by atoms with Crippen LogP contribution in [-0.2, 0) is 13.6 Å². The molecule has 0 radical (unpaired) electrons. The molecule has 0 aliphatic carbocycles. The number of nitrogens with one attached hydrogen (secondary N) is 1. The topological polar surface area (TPSA) is 73.3 Å². The highest BCUT2D eigenvalue weighted by Crippen LogP contribution is 2.14. The van der Waals surface area contributed by atoms with Gasteiger partial charge in [-0.3, -0.25) is 14.0 Å². The van der Waals surface area contributed by atoms with E-state index in [-0.39, 0.29) is 11.5 Å². The number of pyridine rings is 1. The van der Waals surface area contributed by atoms with Crippen LogP contribution in [-0.4, -0.2) is 31.0 Å². The van der Waals surface area contributed by atoms with Gasteiger partial charge in [0, 0.05) is 38.7 Å². The van der Waals surface area contributed by atoms with Crippen LogP contribution in [0.4, 0.5) is 0 Å². The summed E-state index contributed by atoms with van der Waals surface area (Å²) >= 11 is 0. The Morgan fingerprint density at radius 1 is 1.16 bits per heavy atom. The summed E-state index contributed by atoms with van der Waals surface area (Å²) in [6, 6.07) is 10.9. The van der Waals surface area contributed by atoms with Gasteiger partial charge in [-0.25, -0.2) is 4.98 Å². The molecule has 0 aromatic carbocycles. The van der Waals surface area contributed by atoms with Crippen LogP contribution in [0, 0.1) is 0 Å². The minimum absolute atomic E-state index is 0.178. The summed E-state index contributed by atoms with van der Waals surface area (Å²) in [6.07, 6.45) is 5.56. The van der Waals surface area contributed by atoms with Gasteiger partial charge in [0.05, 0.1) is 5.39 Å². The van der Waals surface area contributed by atoms with Gasteiger partial charge in [-0.1, -0.05) is 6.07 Å². The van der Waals surface area contributed by atoms with E-state index in [0.717, 1.165) is 0 Å². The largest absolute Gasteiger partial charge is 0.353 e. The number of nitrogens with zero attached hydrogens (tertiary/aromatic N) is 4. The molecule has 0 unspecified atom stereocenters. The molecule has 0 atom stereocenters. The van der Waals surface area contributed by atoms with E-state index in [1.54, 1.807) is 36.0 Å². The SMILES string of the molecule is Cn1c(C(=O)NCCn2cccc2)cc2c(=O)n3ccccc3nc21. The first-order valence-corrected chi connectivity index (χ1v) is 8.01. The second kappa shape index (κ2) is 5.94. The number of hydrogen-bond donors (Lipinski definition) is 1. The van der Waals surface area contributed by atoms with Crippen LogP contribution < -0.4 is 10.9 Å². The van der Waals surface area contributed by atoms with Crippen molar-refractivity contribution >= 4 is 22.6 Å². The molecule has 4 heterocycles. The molecule has 4 aromatic heterocycles. The van der Waals surface area contributed by atoms with Crippen molar-refractivity contribution in [2.75, 3.05) is 6.54 Å². The highest BCUT2D eigenvalue weighted by molar-refractivity contribution is 5.98. The van der Waals surface area contributed by atoms with Crippen LogP contribution in [0.3, 0.4) is 0 Å². The number of rotatable bonds is 4. The normalized spacial score (nSPS) is 11.2. The van der Waals surface area contributed by atoms with Gasteiger partial charge >= 0.3 is 0 Å². The van der Waals surface area contributed by atoms with Crippen molar-refractivity contribution in [3.63, 3.8) is 0 Å². The maximum Gasteiger partial charge on any atom is 0.268 e. The molecule has 7 heteroatoms. The summed E-state index contributed by atoms with van der Waals surface area (Å²) in [4.78, 5) is 29.6. The van der Waals surface area contributed by atoms with Gasteiger partial charge in [-0.05, 0) is 30.3 Å². The smallest absolute Gasteiger partial charge is 0.268 e. The lowest BCUT2D eigenvalue weighted by Crippen LogP contribution is -2.28. The number of aromatic nitrogens is 4. The van der Waals surface area contributed by atoms with E-state index >= 15 is 0 Å². The molecule has 126 valence electrons. The van der Waals surface area contributed by atoms with Crippen molar-refractivity contribution in [2.45, 2.75) is 6.54 Å². The third-order valence-corrected chi connectivity index (χ3v) is 4.26. The molecule has 0 bridgehead atoms. The molecule has 1 N–H and O–H groups in total. The summed E-state index contributed by atoms with van der Waals surface area (Å²) in [6.45, 7) is 1.19. The van der Waals surface area contributed by atoms with Crippen LogP contribution in [0.1, 0.15) is 10.5 Å². The van der Waals surface area contributed by atoms with Gasteiger partial charge in [-0.15, -0.1) is 0 Å². The molecule has 4 aromatic rings. The Morgan fingerprint density at radius 3 is 2.72 bits per heavy atom. The van der Waals surface area contributed by atoms with Gasteiger partial charge in [0.25, 0.3) is 11.5 Å². The fourth-order valence-corrected chi connectivity index (χ4v) is 2.95. The summed E-state index contributed by atoms with van der Waals surface area (Å²) < 4.78 is 5.13. The van der Waals surface area contributed by atoms with Crippen molar-refractivity contribution in [3.05, 3.63) is 71.0 Å². The number of aryl methyl sites for hydroxylation is 1. The molecule has 25 heavy (non-hydrogen) atoms. The summed E-state index contributed by atoms with van der Waals surface area (Å²) in [5.74, 6) is -0.221. The van der Waals surface area contributed by atoms with E-state index in [1.165, 1.54) is 4.40 Å². The first kappa shape index (κ1) is 15.2. The van der Waals surface area contributed by atoms with Crippen LogP contribution >= 0.6 is 0 Å². The van der Waals surface area contributed by atoms with E-state index in [4.69, 9.17) is 0 Å². The van der Waals surface area contributed by atoms with Crippen LogP contribution in [0.15, 0.2) is 59.8 Å². The maximum absolute atomic E-state index is 12.6. The van der Waals surface area contributed by atoms with Crippen molar-refractivity contribution in [1.82, 2.24) is 23.8 Å². The molecular formula is C18H17N5O2. The lowest BCUT2D eigenvalue weighted by atomic mass is 10.3. The summed E-state index contributed by atoms with van der Waals surface area (Å²) in [5.41, 5.74) is 1.30. The zero-order valence-electron chi connectivity index (χ0n) is 13.7. The van der Waals surface area contributed by atoms with E-state index in [0.29, 0.717) is 35.5 Å². The molecule has 1 amide bonds.